The van der Waals surface area contributed by atoms with E-state index in [4.69, 9.17) is 4.74 Å². The van der Waals surface area contributed by atoms with E-state index in [1.165, 1.54) is 0 Å². The molecule has 0 aromatic heterocycles. The first-order valence-corrected chi connectivity index (χ1v) is 8.01. The van der Waals surface area contributed by atoms with E-state index < -0.39 is 5.60 Å². The number of carbonyl (C=O) groups excluding carboxylic acids is 2. The van der Waals surface area contributed by atoms with Crippen molar-refractivity contribution in [3.63, 3.8) is 0 Å². The lowest BCUT2D eigenvalue weighted by Crippen LogP contribution is -2.38. The molecule has 21 heavy (non-hydrogen) atoms. The number of hydrogen-bond acceptors (Lipinski definition) is 4. The molecule has 0 radical (unpaired) electrons. The molecular weight excluding hydrogens is 268 g/mol. The van der Waals surface area contributed by atoms with Gasteiger partial charge < -0.3 is 15.0 Å². The zero-order valence-electron chi connectivity index (χ0n) is 13.9. The minimum absolute atomic E-state index is 0.0567. The van der Waals surface area contributed by atoms with Gasteiger partial charge in [0, 0.05) is 13.0 Å². The Morgan fingerprint density at radius 1 is 1.19 bits per heavy atom. The van der Waals surface area contributed by atoms with Gasteiger partial charge in [0.05, 0.1) is 6.42 Å². The number of likely N-dealkylation sites (tertiary alicyclic amines) is 1. The van der Waals surface area contributed by atoms with Crippen molar-refractivity contribution in [3.8, 4) is 0 Å². The van der Waals surface area contributed by atoms with Crippen LogP contribution in [0.4, 0.5) is 0 Å². The fourth-order valence-electron chi connectivity index (χ4n) is 2.46. The molecular formula is C16H30N2O3. The zero-order chi connectivity index (χ0) is 15.9. The summed E-state index contributed by atoms with van der Waals surface area (Å²) in [5, 5.41) is 2.94. The molecule has 0 aliphatic carbocycles. The highest BCUT2D eigenvalue weighted by Gasteiger charge is 2.19. The predicted octanol–water partition coefficient (Wildman–Crippen LogP) is 1.96. The highest BCUT2D eigenvalue weighted by atomic mass is 16.6. The number of ether oxygens (including phenoxy) is 1. The standard InChI is InChI=1S/C16H30N2O3/c1-5-18-10-8-13(9-11-18)12-17-14(19)6-7-15(20)21-16(2,3)4/h13H,5-12H2,1-4H3,(H,17,19). The van der Waals surface area contributed by atoms with Crippen LogP contribution in [-0.2, 0) is 14.3 Å². The molecule has 122 valence electrons. The van der Waals surface area contributed by atoms with Gasteiger partial charge in [0.15, 0.2) is 0 Å². The first-order valence-electron chi connectivity index (χ1n) is 8.01. The van der Waals surface area contributed by atoms with Crippen LogP contribution in [0.5, 0.6) is 0 Å². The summed E-state index contributed by atoms with van der Waals surface area (Å²) in [6, 6.07) is 0. The van der Waals surface area contributed by atoms with Gasteiger partial charge in [-0.25, -0.2) is 0 Å². The molecule has 1 aliphatic heterocycles. The van der Waals surface area contributed by atoms with Gasteiger partial charge in [0.25, 0.3) is 0 Å². The second-order valence-corrected chi connectivity index (χ2v) is 6.77. The number of carbonyl (C=O) groups is 2. The lowest BCUT2D eigenvalue weighted by molar-refractivity contribution is -0.155. The molecule has 1 N–H and O–H groups in total. The van der Waals surface area contributed by atoms with Crippen LogP contribution < -0.4 is 5.32 Å². The summed E-state index contributed by atoms with van der Waals surface area (Å²) < 4.78 is 5.18. The van der Waals surface area contributed by atoms with Crippen molar-refractivity contribution in [2.75, 3.05) is 26.2 Å². The normalized spacial score (nSPS) is 17.5. The van der Waals surface area contributed by atoms with Crippen LogP contribution in [0.1, 0.15) is 53.4 Å². The number of hydrogen-bond donors (Lipinski definition) is 1. The van der Waals surface area contributed by atoms with Crippen molar-refractivity contribution in [3.05, 3.63) is 0 Å². The van der Waals surface area contributed by atoms with Crippen molar-refractivity contribution in [1.82, 2.24) is 10.2 Å². The van der Waals surface area contributed by atoms with Crippen molar-refractivity contribution >= 4 is 11.9 Å². The third-order valence-corrected chi connectivity index (χ3v) is 3.72. The molecule has 1 aliphatic rings. The Morgan fingerprint density at radius 2 is 1.81 bits per heavy atom. The van der Waals surface area contributed by atoms with Gasteiger partial charge in [-0.15, -0.1) is 0 Å². The lowest BCUT2D eigenvalue weighted by Gasteiger charge is -2.31. The van der Waals surface area contributed by atoms with Gasteiger partial charge in [-0.1, -0.05) is 6.92 Å². The number of amides is 1. The quantitative estimate of drug-likeness (QED) is 0.762. The predicted molar refractivity (Wildman–Crippen MR) is 82.9 cm³/mol. The largest absolute Gasteiger partial charge is 0.460 e. The Hall–Kier alpha value is -1.10. The Morgan fingerprint density at radius 3 is 2.33 bits per heavy atom. The summed E-state index contributed by atoms with van der Waals surface area (Å²) in [6.45, 7) is 11.7. The molecule has 5 nitrogen and oxygen atoms in total. The molecule has 0 aromatic rings. The zero-order valence-corrected chi connectivity index (χ0v) is 13.9. The SMILES string of the molecule is CCN1CCC(CNC(=O)CCC(=O)OC(C)(C)C)CC1. The Labute approximate surface area is 128 Å². The molecule has 0 saturated carbocycles. The van der Waals surface area contributed by atoms with Gasteiger partial charge in [-0.3, -0.25) is 9.59 Å². The Balaban J connectivity index is 2.13. The van der Waals surface area contributed by atoms with Crippen molar-refractivity contribution in [2.24, 2.45) is 5.92 Å². The summed E-state index contributed by atoms with van der Waals surface area (Å²) in [4.78, 5) is 25.7. The molecule has 0 bridgehead atoms. The molecule has 0 spiro atoms. The molecule has 0 aromatic carbocycles. The van der Waals surface area contributed by atoms with Crippen LogP contribution in [0.3, 0.4) is 0 Å². The Bertz CT molecular complexity index is 342. The maximum Gasteiger partial charge on any atom is 0.306 e. The topological polar surface area (TPSA) is 58.6 Å². The van der Waals surface area contributed by atoms with Crippen LogP contribution >= 0.6 is 0 Å². The number of piperidine rings is 1. The monoisotopic (exact) mass is 298 g/mol. The molecule has 1 fully saturated rings. The maximum atomic E-state index is 11.7. The van der Waals surface area contributed by atoms with E-state index in [9.17, 15) is 9.59 Å². The third-order valence-electron chi connectivity index (χ3n) is 3.72. The smallest absolute Gasteiger partial charge is 0.306 e. The van der Waals surface area contributed by atoms with Crippen LogP contribution in [0.25, 0.3) is 0 Å². The van der Waals surface area contributed by atoms with E-state index in [1.807, 2.05) is 20.8 Å². The van der Waals surface area contributed by atoms with Crippen molar-refractivity contribution in [1.29, 1.82) is 0 Å². The number of rotatable bonds is 6. The number of esters is 1. The van der Waals surface area contributed by atoms with Gasteiger partial charge in [-0.05, 0) is 59.2 Å². The third kappa shape index (κ3) is 8.05. The van der Waals surface area contributed by atoms with Crippen LogP contribution in [0, 0.1) is 5.92 Å². The highest BCUT2D eigenvalue weighted by molar-refractivity contribution is 5.81. The summed E-state index contributed by atoms with van der Waals surface area (Å²) in [7, 11) is 0. The number of nitrogens with one attached hydrogen (secondary N) is 1. The molecule has 5 heteroatoms. The van der Waals surface area contributed by atoms with E-state index in [-0.39, 0.29) is 24.7 Å². The lowest BCUT2D eigenvalue weighted by atomic mass is 9.97. The molecule has 0 unspecified atom stereocenters. The molecule has 1 saturated heterocycles. The highest BCUT2D eigenvalue weighted by Crippen LogP contribution is 2.16. The average molecular weight is 298 g/mol. The Kier molecular flexibility index (Phi) is 7.15. The van der Waals surface area contributed by atoms with Gasteiger partial charge in [0.2, 0.25) is 5.91 Å². The summed E-state index contributed by atoms with van der Waals surface area (Å²) in [5.41, 5.74) is -0.485. The minimum atomic E-state index is -0.485. The second kappa shape index (κ2) is 8.37. The van der Waals surface area contributed by atoms with E-state index >= 15 is 0 Å². The van der Waals surface area contributed by atoms with E-state index in [1.54, 1.807) is 0 Å². The first kappa shape index (κ1) is 18.0. The summed E-state index contributed by atoms with van der Waals surface area (Å²) >= 11 is 0. The second-order valence-electron chi connectivity index (χ2n) is 6.77. The maximum absolute atomic E-state index is 11.7. The summed E-state index contributed by atoms with van der Waals surface area (Å²) in [6.07, 6.45) is 2.64. The van der Waals surface area contributed by atoms with E-state index in [0.29, 0.717) is 5.92 Å². The van der Waals surface area contributed by atoms with Crippen molar-refractivity contribution in [2.45, 2.75) is 59.0 Å². The van der Waals surface area contributed by atoms with Crippen LogP contribution in [0.2, 0.25) is 0 Å². The van der Waals surface area contributed by atoms with Crippen molar-refractivity contribution < 1.29 is 14.3 Å². The van der Waals surface area contributed by atoms with Gasteiger partial charge >= 0.3 is 5.97 Å². The fourth-order valence-corrected chi connectivity index (χ4v) is 2.46. The van der Waals surface area contributed by atoms with Crippen LogP contribution in [-0.4, -0.2) is 48.6 Å². The van der Waals surface area contributed by atoms with Gasteiger partial charge in [0.1, 0.15) is 5.60 Å². The average Bonchev–Trinajstić information content (AvgIpc) is 2.41. The van der Waals surface area contributed by atoms with E-state index in [2.05, 4.69) is 17.1 Å². The molecule has 1 amide bonds. The minimum Gasteiger partial charge on any atom is -0.460 e. The fraction of sp³-hybridized carbons (Fsp3) is 0.875. The first-order chi connectivity index (χ1) is 9.80. The molecule has 0 atom stereocenters. The molecule has 1 heterocycles. The molecule has 1 rings (SSSR count). The number of nitrogens with zero attached hydrogens (tertiary/aromatic N) is 1. The van der Waals surface area contributed by atoms with E-state index in [0.717, 1.165) is 39.0 Å². The van der Waals surface area contributed by atoms with Crippen LogP contribution in [0.15, 0.2) is 0 Å². The van der Waals surface area contributed by atoms with Gasteiger partial charge in [-0.2, -0.15) is 0 Å². The summed E-state index contributed by atoms with van der Waals surface area (Å²) in [5.74, 6) is 0.200.